The van der Waals surface area contributed by atoms with E-state index in [0.717, 1.165) is 34.2 Å². The first-order valence-electron chi connectivity index (χ1n) is 12.4. The van der Waals surface area contributed by atoms with Crippen molar-refractivity contribution in [1.82, 2.24) is 10.2 Å². The summed E-state index contributed by atoms with van der Waals surface area (Å²) < 4.78 is 19.7. The smallest absolute Gasteiger partial charge is 0.261 e. The molecule has 2 unspecified atom stereocenters. The Morgan fingerprint density at radius 3 is 2.50 bits per heavy atom. The van der Waals surface area contributed by atoms with E-state index in [2.05, 4.69) is 5.32 Å². The van der Waals surface area contributed by atoms with Crippen LogP contribution in [-0.2, 0) is 22.6 Å². The number of ether oxygens (including phenoxy) is 1. The molecule has 0 saturated heterocycles. The van der Waals surface area contributed by atoms with Crippen LogP contribution < -0.4 is 10.1 Å². The van der Waals surface area contributed by atoms with Gasteiger partial charge in [-0.15, -0.1) is 0 Å². The molecule has 3 aromatic carbocycles. The van der Waals surface area contributed by atoms with E-state index in [4.69, 9.17) is 4.74 Å². The number of aryl methyl sites for hydroxylation is 1. The van der Waals surface area contributed by atoms with E-state index in [1.54, 1.807) is 19.1 Å². The molecule has 0 radical (unpaired) electrons. The topological polar surface area (TPSA) is 58.6 Å². The Balaban J connectivity index is 1.55. The monoisotopic (exact) mass is 488 g/mol. The van der Waals surface area contributed by atoms with Crippen LogP contribution in [-0.4, -0.2) is 29.4 Å². The van der Waals surface area contributed by atoms with Gasteiger partial charge in [-0.05, 0) is 66.8 Å². The number of hydrogen-bond donors (Lipinski definition) is 1. The highest BCUT2D eigenvalue weighted by molar-refractivity contribution is 5.81. The van der Waals surface area contributed by atoms with Crippen molar-refractivity contribution >= 4 is 11.8 Å². The lowest BCUT2D eigenvalue weighted by Gasteiger charge is -2.39. The fourth-order valence-electron chi connectivity index (χ4n) is 4.65. The quantitative estimate of drug-likeness (QED) is 0.488. The number of carbonyl (C=O) groups is 2. The average molecular weight is 489 g/mol. The number of rotatable bonds is 7. The van der Waals surface area contributed by atoms with E-state index >= 15 is 0 Å². The Morgan fingerprint density at radius 2 is 1.81 bits per heavy atom. The second kappa shape index (κ2) is 10.9. The normalized spacial score (nSPS) is 15.8. The van der Waals surface area contributed by atoms with Gasteiger partial charge in [0.1, 0.15) is 11.6 Å². The molecule has 3 aromatic rings. The van der Waals surface area contributed by atoms with Gasteiger partial charge in [0.25, 0.3) is 5.91 Å². The minimum absolute atomic E-state index is 0.0465. The van der Waals surface area contributed by atoms with Gasteiger partial charge < -0.3 is 15.0 Å². The molecule has 2 atom stereocenters. The van der Waals surface area contributed by atoms with E-state index in [9.17, 15) is 14.0 Å². The Hall–Kier alpha value is -3.67. The standard InChI is InChI=1S/C30H33FN2O3/c1-19(2)30(35)33-15-14-23-10-13-26(17-27(23)28(33)24-8-11-25(31)12-9-24)36-21(4)29(34)32-18-22-7-5-6-20(3)16-22/h5-13,16-17,19,21,28H,14-15,18H2,1-4H3,(H,32,34). The Kier molecular flexibility index (Phi) is 7.73. The average Bonchev–Trinajstić information content (AvgIpc) is 2.86. The maximum Gasteiger partial charge on any atom is 0.261 e. The lowest BCUT2D eigenvalue weighted by Crippen LogP contribution is -2.42. The summed E-state index contributed by atoms with van der Waals surface area (Å²) >= 11 is 0. The van der Waals surface area contributed by atoms with Crippen LogP contribution in [0.5, 0.6) is 5.75 Å². The molecule has 2 amide bonds. The second-order valence-electron chi connectivity index (χ2n) is 9.72. The molecule has 188 valence electrons. The zero-order chi connectivity index (χ0) is 25.8. The molecule has 0 fully saturated rings. The highest BCUT2D eigenvalue weighted by Crippen LogP contribution is 2.38. The SMILES string of the molecule is Cc1cccc(CNC(=O)C(C)Oc2ccc3c(c2)C(c2ccc(F)cc2)N(C(=O)C(C)C)CC3)c1. The third-order valence-electron chi connectivity index (χ3n) is 6.54. The molecule has 1 aliphatic heterocycles. The van der Waals surface area contributed by atoms with Crippen LogP contribution in [0.4, 0.5) is 4.39 Å². The first-order chi connectivity index (χ1) is 17.2. The van der Waals surface area contributed by atoms with Crippen molar-refractivity contribution in [3.63, 3.8) is 0 Å². The van der Waals surface area contributed by atoms with Crippen LogP contribution in [0.3, 0.4) is 0 Å². The van der Waals surface area contributed by atoms with Crippen molar-refractivity contribution in [2.24, 2.45) is 5.92 Å². The third kappa shape index (κ3) is 5.76. The summed E-state index contributed by atoms with van der Waals surface area (Å²) in [7, 11) is 0. The lowest BCUT2D eigenvalue weighted by atomic mass is 9.87. The van der Waals surface area contributed by atoms with Gasteiger partial charge in [-0.1, -0.05) is 61.9 Å². The number of fused-ring (bicyclic) bond motifs is 1. The molecule has 0 saturated carbocycles. The Bertz CT molecular complexity index is 1240. The highest BCUT2D eigenvalue weighted by Gasteiger charge is 2.33. The van der Waals surface area contributed by atoms with Gasteiger partial charge in [-0.3, -0.25) is 9.59 Å². The fraction of sp³-hybridized carbons (Fsp3) is 0.333. The number of nitrogens with one attached hydrogen (secondary N) is 1. The zero-order valence-electron chi connectivity index (χ0n) is 21.3. The number of benzene rings is 3. The summed E-state index contributed by atoms with van der Waals surface area (Å²) in [5.74, 6) is -0.0887. The predicted octanol–water partition coefficient (Wildman–Crippen LogP) is 5.35. The minimum atomic E-state index is -0.700. The maximum absolute atomic E-state index is 13.7. The Morgan fingerprint density at radius 1 is 1.06 bits per heavy atom. The molecule has 6 heteroatoms. The van der Waals surface area contributed by atoms with E-state index in [0.29, 0.717) is 18.8 Å². The summed E-state index contributed by atoms with van der Waals surface area (Å²) in [4.78, 5) is 27.7. The van der Waals surface area contributed by atoms with Crippen molar-refractivity contribution in [3.8, 4) is 5.75 Å². The molecular weight excluding hydrogens is 455 g/mol. The third-order valence-corrected chi connectivity index (χ3v) is 6.54. The molecule has 4 rings (SSSR count). The molecule has 1 heterocycles. The number of carbonyl (C=O) groups excluding carboxylic acids is 2. The highest BCUT2D eigenvalue weighted by atomic mass is 19.1. The zero-order valence-corrected chi connectivity index (χ0v) is 21.3. The molecule has 0 aliphatic carbocycles. The van der Waals surface area contributed by atoms with Gasteiger partial charge in [0.2, 0.25) is 5.91 Å². The van der Waals surface area contributed by atoms with Crippen molar-refractivity contribution < 1.29 is 18.7 Å². The summed E-state index contributed by atoms with van der Waals surface area (Å²) in [6, 6.07) is 19.7. The van der Waals surface area contributed by atoms with E-state index in [1.807, 2.05) is 68.1 Å². The lowest BCUT2D eigenvalue weighted by molar-refractivity contribution is -0.136. The van der Waals surface area contributed by atoms with E-state index < -0.39 is 6.10 Å². The van der Waals surface area contributed by atoms with Crippen LogP contribution in [0.25, 0.3) is 0 Å². The predicted molar refractivity (Wildman–Crippen MR) is 138 cm³/mol. The Labute approximate surface area is 212 Å². The largest absolute Gasteiger partial charge is 0.481 e. The van der Waals surface area contributed by atoms with E-state index in [-0.39, 0.29) is 29.6 Å². The van der Waals surface area contributed by atoms with Crippen LogP contribution in [0.15, 0.2) is 66.7 Å². The summed E-state index contributed by atoms with van der Waals surface area (Å²) in [5.41, 5.74) is 5.06. The van der Waals surface area contributed by atoms with Gasteiger partial charge in [-0.25, -0.2) is 4.39 Å². The first kappa shape index (κ1) is 25.4. The van der Waals surface area contributed by atoms with Crippen molar-refractivity contribution in [2.75, 3.05) is 6.54 Å². The van der Waals surface area contributed by atoms with Crippen LogP contribution in [0, 0.1) is 18.7 Å². The summed E-state index contributed by atoms with van der Waals surface area (Å²) in [5, 5.41) is 2.93. The van der Waals surface area contributed by atoms with Crippen molar-refractivity contribution in [1.29, 1.82) is 0 Å². The molecule has 0 bridgehead atoms. The molecule has 0 spiro atoms. The van der Waals surface area contributed by atoms with Gasteiger partial charge in [0.15, 0.2) is 6.10 Å². The first-order valence-corrected chi connectivity index (χ1v) is 12.4. The maximum atomic E-state index is 13.7. The number of amides is 2. The van der Waals surface area contributed by atoms with Crippen molar-refractivity contribution in [3.05, 3.63) is 100 Å². The van der Waals surface area contributed by atoms with Crippen molar-refractivity contribution in [2.45, 2.75) is 52.8 Å². The summed E-state index contributed by atoms with van der Waals surface area (Å²) in [6.45, 7) is 8.52. The van der Waals surface area contributed by atoms with Crippen LogP contribution in [0.1, 0.15) is 54.6 Å². The minimum Gasteiger partial charge on any atom is -0.481 e. The molecule has 1 N–H and O–H groups in total. The molecule has 5 nitrogen and oxygen atoms in total. The molecular formula is C30H33FN2O3. The number of hydrogen-bond acceptors (Lipinski definition) is 3. The van der Waals surface area contributed by atoms with Crippen LogP contribution >= 0.6 is 0 Å². The molecule has 0 aromatic heterocycles. The molecule has 36 heavy (non-hydrogen) atoms. The number of halogens is 1. The molecule has 1 aliphatic rings. The van der Waals surface area contributed by atoms with Crippen LogP contribution in [0.2, 0.25) is 0 Å². The van der Waals surface area contributed by atoms with Gasteiger partial charge in [0.05, 0.1) is 6.04 Å². The van der Waals surface area contributed by atoms with E-state index in [1.165, 1.54) is 12.1 Å². The second-order valence-corrected chi connectivity index (χ2v) is 9.72. The van der Waals surface area contributed by atoms with Gasteiger partial charge >= 0.3 is 0 Å². The number of nitrogens with zero attached hydrogens (tertiary/aromatic N) is 1. The fourth-order valence-corrected chi connectivity index (χ4v) is 4.65. The van der Waals surface area contributed by atoms with Gasteiger partial charge in [-0.2, -0.15) is 0 Å². The van der Waals surface area contributed by atoms with Gasteiger partial charge in [0, 0.05) is 19.0 Å². The summed E-state index contributed by atoms with van der Waals surface area (Å²) in [6.07, 6.45) is 0.0206.